The summed E-state index contributed by atoms with van der Waals surface area (Å²) in [4.78, 5) is 6.78. The molecule has 6 rings (SSSR count). The van der Waals surface area contributed by atoms with Crippen LogP contribution in [0.1, 0.15) is 31.2 Å². The van der Waals surface area contributed by atoms with Gasteiger partial charge < -0.3 is 15.0 Å². The molecule has 154 valence electrons. The van der Waals surface area contributed by atoms with Crippen molar-refractivity contribution in [2.45, 2.75) is 44.8 Å². The van der Waals surface area contributed by atoms with Crippen LogP contribution in [0.3, 0.4) is 0 Å². The summed E-state index contributed by atoms with van der Waals surface area (Å²) in [5.41, 5.74) is 7.17. The molecule has 3 heterocycles. The lowest BCUT2D eigenvalue weighted by Gasteiger charge is -2.44. The predicted octanol–water partition coefficient (Wildman–Crippen LogP) is 4.08. The smallest absolute Gasteiger partial charge is 0.151 e. The van der Waals surface area contributed by atoms with E-state index >= 15 is 0 Å². The van der Waals surface area contributed by atoms with Crippen molar-refractivity contribution in [1.29, 1.82) is 0 Å². The average Bonchev–Trinajstić information content (AvgIpc) is 3.40. The molecule has 1 aliphatic heterocycles. The van der Waals surface area contributed by atoms with Gasteiger partial charge in [0.05, 0.1) is 22.4 Å². The first-order chi connectivity index (χ1) is 14.7. The van der Waals surface area contributed by atoms with Crippen LogP contribution < -0.4 is 15.0 Å². The lowest BCUT2D eigenvalue weighted by atomic mass is 9.79. The van der Waals surface area contributed by atoms with Crippen molar-refractivity contribution in [3.8, 4) is 5.75 Å². The van der Waals surface area contributed by atoms with E-state index in [0.29, 0.717) is 18.1 Å². The molecular weight excluding hydrogens is 394 g/mol. The van der Waals surface area contributed by atoms with Crippen LogP contribution in [0.2, 0.25) is 0 Å². The number of thiazole rings is 1. The van der Waals surface area contributed by atoms with E-state index in [0.717, 1.165) is 48.6 Å². The Morgan fingerprint density at radius 3 is 2.90 bits per heavy atom. The highest BCUT2D eigenvalue weighted by atomic mass is 32.1. The molecule has 3 fully saturated rings. The molecule has 2 saturated carbocycles. The highest BCUT2D eigenvalue weighted by Gasteiger charge is 2.39. The molecule has 3 aromatic rings. The van der Waals surface area contributed by atoms with Crippen LogP contribution in [-0.4, -0.2) is 40.4 Å². The summed E-state index contributed by atoms with van der Waals surface area (Å²) in [7, 11) is 0. The van der Waals surface area contributed by atoms with E-state index < -0.39 is 0 Å². The molecule has 0 bridgehead atoms. The summed E-state index contributed by atoms with van der Waals surface area (Å²) in [6.45, 7) is 4.05. The van der Waals surface area contributed by atoms with Crippen molar-refractivity contribution in [2.24, 2.45) is 5.92 Å². The zero-order valence-electron chi connectivity index (χ0n) is 17.0. The Kier molecular flexibility index (Phi) is 4.37. The van der Waals surface area contributed by atoms with Crippen molar-refractivity contribution in [1.82, 2.24) is 20.5 Å². The van der Waals surface area contributed by atoms with Gasteiger partial charge >= 0.3 is 0 Å². The fourth-order valence-corrected chi connectivity index (χ4v) is 5.15. The van der Waals surface area contributed by atoms with E-state index in [-0.39, 0.29) is 0 Å². The molecule has 1 aromatic carbocycles. The predicted molar refractivity (Wildman–Crippen MR) is 119 cm³/mol. The molecule has 0 atom stereocenters. The zero-order chi connectivity index (χ0) is 20.1. The number of para-hydroxylation sites is 1. The van der Waals surface area contributed by atoms with Crippen LogP contribution in [-0.2, 0) is 0 Å². The average molecular weight is 420 g/mol. The van der Waals surface area contributed by atoms with Crippen molar-refractivity contribution < 1.29 is 4.74 Å². The minimum absolute atomic E-state index is 0.291. The Morgan fingerprint density at radius 1 is 1.23 bits per heavy atom. The second-order valence-electron chi connectivity index (χ2n) is 8.72. The number of benzene rings is 1. The van der Waals surface area contributed by atoms with Crippen molar-refractivity contribution in [3.05, 3.63) is 52.8 Å². The number of nitrogens with zero attached hydrogens (tertiary/aromatic N) is 4. The van der Waals surface area contributed by atoms with Crippen LogP contribution >= 0.6 is 11.3 Å². The van der Waals surface area contributed by atoms with E-state index in [4.69, 9.17) is 4.74 Å². The molecule has 0 unspecified atom stereocenters. The third-order valence-corrected chi connectivity index (χ3v) is 7.14. The van der Waals surface area contributed by atoms with Crippen molar-refractivity contribution in [2.75, 3.05) is 18.0 Å². The lowest BCUT2D eigenvalue weighted by Crippen LogP contribution is -2.59. The van der Waals surface area contributed by atoms with Gasteiger partial charge in [-0.3, -0.25) is 0 Å². The number of aromatic nitrogens is 3. The molecule has 2 aliphatic carbocycles. The van der Waals surface area contributed by atoms with Gasteiger partial charge in [0.1, 0.15) is 17.4 Å². The molecule has 30 heavy (non-hydrogen) atoms. The molecule has 0 amide bonds. The minimum atomic E-state index is 0.291. The molecule has 6 nitrogen and oxygen atoms in total. The normalized spacial score (nSPS) is 23.1. The molecule has 0 radical (unpaired) electrons. The fraction of sp³-hybridized carbons (Fsp3) is 0.435. The Morgan fingerprint density at radius 2 is 2.10 bits per heavy atom. The van der Waals surface area contributed by atoms with E-state index in [1.54, 1.807) is 23.1 Å². The molecule has 2 aromatic heterocycles. The van der Waals surface area contributed by atoms with Gasteiger partial charge in [0, 0.05) is 24.7 Å². The van der Waals surface area contributed by atoms with Crippen LogP contribution in [0.5, 0.6) is 5.75 Å². The Hall–Kier alpha value is -2.67. The lowest BCUT2D eigenvalue weighted by molar-refractivity contribution is 0.0780. The summed E-state index contributed by atoms with van der Waals surface area (Å²) in [5, 5.41) is 12.2. The second-order valence-corrected chi connectivity index (χ2v) is 9.60. The van der Waals surface area contributed by atoms with Gasteiger partial charge in [0.25, 0.3) is 0 Å². The fourth-order valence-electron chi connectivity index (χ4n) is 4.45. The van der Waals surface area contributed by atoms with Crippen LogP contribution in [0.15, 0.2) is 47.2 Å². The summed E-state index contributed by atoms with van der Waals surface area (Å²) < 4.78 is 7.50. The molecule has 1 saturated heterocycles. The Bertz CT molecular complexity index is 1110. The maximum atomic E-state index is 6.30. The van der Waals surface area contributed by atoms with Gasteiger partial charge in [-0.1, -0.05) is 11.6 Å². The SMILES string of the molecule is Cc1cnnc(N2CC(NC(=C3CC3)C3CC(Oc4cccc5scnc45)C3)C2)c1. The maximum Gasteiger partial charge on any atom is 0.151 e. The maximum absolute atomic E-state index is 6.30. The number of anilines is 1. The number of nitrogens with one attached hydrogen (secondary N) is 1. The highest BCUT2D eigenvalue weighted by molar-refractivity contribution is 7.16. The largest absolute Gasteiger partial charge is 0.488 e. The Balaban J connectivity index is 1.05. The summed E-state index contributed by atoms with van der Waals surface area (Å²) in [5.74, 6) is 2.52. The van der Waals surface area contributed by atoms with Gasteiger partial charge in [-0.2, -0.15) is 5.10 Å². The van der Waals surface area contributed by atoms with Crippen molar-refractivity contribution >= 4 is 27.4 Å². The van der Waals surface area contributed by atoms with Crippen LogP contribution in [0.4, 0.5) is 5.82 Å². The number of ether oxygens (including phenoxy) is 1. The molecule has 1 N–H and O–H groups in total. The second kappa shape index (κ2) is 7.23. The Labute approximate surface area is 180 Å². The van der Waals surface area contributed by atoms with E-state index in [9.17, 15) is 0 Å². The standard InChI is InChI=1S/C23H25N5OS/c1-14-7-21(27-25-10-14)28-11-17(12-28)26-22(15-5-6-15)16-8-18(9-16)29-19-3-2-4-20-23(19)24-13-30-20/h2-4,7,10,13,16-18,26H,5-6,8-9,11-12H2,1H3. The first-order valence-corrected chi connectivity index (χ1v) is 11.6. The number of hydrogen-bond donors (Lipinski definition) is 1. The van der Waals surface area contributed by atoms with Gasteiger partial charge in [-0.05, 0) is 56.4 Å². The summed E-state index contributed by atoms with van der Waals surface area (Å²) in [6.07, 6.45) is 6.78. The molecule has 7 heteroatoms. The van der Waals surface area contributed by atoms with E-state index in [1.165, 1.54) is 23.2 Å². The third-order valence-electron chi connectivity index (χ3n) is 6.34. The topological polar surface area (TPSA) is 63.2 Å². The summed E-state index contributed by atoms with van der Waals surface area (Å²) >= 11 is 1.67. The van der Waals surface area contributed by atoms with E-state index in [1.807, 2.05) is 11.6 Å². The van der Waals surface area contributed by atoms with Crippen molar-refractivity contribution in [3.63, 3.8) is 0 Å². The first kappa shape index (κ1) is 18.1. The number of aryl methyl sites for hydroxylation is 1. The zero-order valence-corrected chi connectivity index (χ0v) is 17.9. The van der Waals surface area contributed by atoms with Crippen LogP contribution in [0, 0.1) is 12.8 Å². The highest BCUT2D eigenvalue weighted by Crippen LogP contribution is 2.43. The first-order valence-electron chi connectivity index (χ1n) is 10.7. The monoisotopic (exact) mass is 419 g/mol. The molecular formula is C23H25N5OS. The number of hydrogen-bond acceptors (Lipinski definition) is 7. The quantitative estimate of drug-likeness (QED) is 0.650. The molecule has 3 aliphatic rings. The minimum Gasteiger partial charge on any atom is -0.488 e. The summed E-state index contributed by atoms with van der Waals surface area (Å²) in [6, 6.07) is 8.82. The van der Waals surface area contributed by atoms with Gasteiger partial charge in [0.2, 0.25) is 0 Å². The third kappa shape index (κ3) is 3.41. The number of allylic oxidation sites excluding steroid dienone is 2. The molecule has 0 spiro atoms. The van der Waals surface area contributed by atoms with Gasteiger partial charge in [-0.25, -0.2) is 4.98 Å². The van der Waals surface area contributed by atoms with Gasteiger partial charge in [0.15, 0.2) is 5.82 Å². The van der Waals surface area contributed by atoms with Crippen LogP contribution in [0.25, 0.3) is 10.2 Å². The number of rotatable bonds is 6. The van der Waals surface area contributed by atoms with E-state index in [2.05, 4.69) is 50.5 Å². The number of fused-ring (bicyclic) bond motifs is 1. The van der Waals surface area contributed by atoms with Gasteiger partial charge in [-0.15, -0.1) is 16.4 Å².